The maximum atomic E-state index is 8.61. The lowest BCUT2D eigenvalue weighted by molar-refractivity contribution is 0.148. The minimum Gasteiger partial charge on any atom is -0.490 e. The molecule has 0 saturated carbocycles. The SMILES string of the molecule is NC(=NO)c1ccc(OCC2Cc3ccccc3O2)cc1. The number of benzene rings is 2. The quantitative estimate of drug-likeness (QED) is 0.390. The van der Waals surface area contributed by atoms with Gasteiger partial charge in [-0.3, -0.25) is 0 Å². The van der Waals surface area contributed by atoms with Gasteiger partial charge in [0.2, 0.25) is 0 Å². The highest BCUT2D eigenvalue weighted by Crippen LogP contribution is 2.28. The zero-order valence-electron chi connectivity index (χ0n) is 11.4. The van der Waals surface area contributed by atoms with Crippen LogP contribution in [-0.2, 0) is 6.42 Å². The smallest absolute Gasteiger partial charge is 0.170 e. The minimum absolute atomic E-state index is 0.0335. The summed E-state index contributed by atoms with van der Waals surface area (Å²) in [6, 6.07) is 15.1. The lowest BCUT2D eigenvalue weighted by atomic mass is 10.1. The summed E-state index contributed by atoms with van der Waals surface area (Å²) in [4.78, 5) is 0. The highest BCUT2D eigenvalue weighted by molar-refractivity contribution is 5.97. The van der Waals surface area contributed by atoms with Crippen LogP contribution in [0, 0.1) is 0 Å². The molecule has 1 aliphatic heterocycles. The molecule has 0 aromatic heterocycles. The van der Waals surface area contributed by atoms with Gasteiger partial charge in [0.05, 0.1) is 0 Å². The Morgan fingerprint density at radius 1 is 1.24 bits per heavy atom. The molecule has 0 aliphatic carbocycles. The summed E-state index contributed by atoms with van der Waals surface area (Å²) in [6.07, 6.45) is 0.893. The molecule has 108 valence electrons. The van der Waals surface area contributed by atoms with E-state index in [2.05, 4.69) is 11.2 Å². The number of ether oxygens (including phenoxy) is 2. The van der Waals surface area contributed by atoms with Crippen molar-refractivity contribution in [2.75, 3.05) is 6.61 Å². The monoisotopic (exact) mass is 284 g/mol. The van der Waals surface area contributed by atoms with E-state index in [9.17, 15) is 0 Å². The Morgan fingerprint density at radius 3 is 2.71 bits per heavy atom. The highest BCUT2D eigenvalue weighted by atomic mass is 16.5. The Balaban J connectivity index is 1.57. The molecule has 1 atom stereocenters. The Hall–Kier alpha value is -2.69. The summed E-state index contributed by atoms with van der Waals surface area (Å²) in [5.41, 5.74) is 7.37. The zero-order chi connectivity index (χ0) is 14.7. The summed E-state index contributed by atoms with van der Waals surface area (Å²) >= 11 is 0. The van der Waals surface area contributed by atoms with Crippen molar-refractivity contribution in [3.63, 3.8) is 0 Å². The third-order valence-corrected chi connectivity index (χ3v) is 3.41. The summed E-state index contributed by atoms with van der Waals surface area (Å²) in [5, 5.41) is 11.6. The summed E-state index contributed by atoms with van der Waals surface area (Å²) < 4.78 is 11.5. The van der Waals surface area contributed by atoms with Crippen molar-refractivity contribution >= 4 is 5.84 Å². The van der Waals surface area contributed by atoms with Crippen molar-refractivity contribution in [3.8, 4) is 11.5 Å². The first-order valence-electron chi connectivity index (χ1n) is 6.71. The number of fused-ring (bicyclic) bond motifs is 1. The number of hydrogen-bond acceptors (Lipinski definition) is 4. The standard InChI is InChI=1S/C16H16N2O3/c17-16(18-19)11-5-7-13(8-6-11)20-10-14-9-12-3-1-2-4-15(12)21-14/h1-8,14,19H,9-10H2,(H2,17,18). The lowest BCUT2D eigenvalue weighted by Gasteiger charge is -2.12. The molecule has 0 saturated heterocycles. The van der Waals surface area contributed by atoms with E-state index in [1.807, 2.05) is 18.2 Å². The number of nitrogens with two attached hydrogens (primary N) is 1. The average molecular weight is 284 g/mol. The van der Waals surface area contributed by atoms with Crippen LogP contribution in [0.5, 0.6) is 11.5 Å². The normalized spacial score (nSPS) is 17.1. The maximum absolute atomic E-state index is 8.61. The molecule has 5 heteroatoms. The fraction of sp³-hybridized carbons (Fsp3) is 0.188. The molecule has 1 unspecified atom stereocenters. The van der Waals surface area contributed by atoms with Crippen LogP contribution in [0.4, 0.5) is 0 Å². The number of hydrogen-bond donors (Lipinski definition) is 2. The van der Waals surface area contributed by atoms with Gasteiger partial charge in [-0.1, -0.05) is 23.4 Å². The van der Waals surface area contributed by atoms with Crippen LogP contribution in [-0.4, -0.2) is 23.8 Å². The fourth-order valence-corrected chi connectivity index (χ4v) is 2.32. The van der Waals surface area contributed by atoms with Gasteiger partial charge in [0.1, 0.15) is 24.2 Å². The van der Waals surface area contributed by atoms with E-state index >= 15 is 0 Å². The predicted molar refractivity (Wildman–Crippen MR) is 79.0 cm³/mol. The number of nitrogens with zero attached hydrogens (tertiary/aromatic N) is 1. The van der Waals surface area contributed by atoms with Crippen LogP contribution in [0.2, 0.25) is 0 Å². The molecule has 5 nitrogen and oxygen atoms in total. The van der Waals surface area contributed by atoms with Crippen LogP contribution < -0.4 is 15.2 Å². The number of para-hydroxylation sites is 1. The van der Waals surface area contributed by atoms with Gasteiger partial charge in [0, 0.05) is 12.0 Å². The second kappa shape index (κ2) is 5.75. The van der Waals surface area contributed by atoms with Crippen LogP contribution >= 0.6 is 0 Å². The topological polar surface area (TPSA) is 77.1 Å². The van der Waals surface area contributed by atoms with E-state index in [4.69, 9.17) is 20.4 Å². The Bertz CT molecular complexity index is 628. The van der Waals surface area contributed by atoms with Crippen molar-refractivity contribution in [2.45, 2.75) is 12.5 Å². The van der Waals surface area contributed by atoms with E-state index in [0.717, 1.165) is 17.9 Å². The van der Waals surface area contributed by atoms with Gasteiger partial charge in [0.25, 0.3) is 0 Å². The number of rotatable bonds is 4. The molecule has 3 rings (SSSR count). The molecule has 2 aromatic rings. The van der Waals surface area contributed by atoms with Gasteiger partial charge in [-0.2, -0.15) is 0 Å². The van der Waals surface area contributed by atoms with Crippen molar-refractivity contribution in [1.82, 2.24) is 0 Å². The van der Waals surface area contributed by atoms with Gasteiger partial charge in [-0.05, 0) is 35.9 Å². The molecule has 21 heavy (non-hydrogen) atoms. The molecule has 0 radical (unpaired) electrons. The van der Waals surface area contributed by atoms with Crippen molar-refractivity contribution in [3.05, 3.63) is 59.7 Å². The van der Waals surface area contributed by atoms with Crippen LogP contribution in [0.1, 0.15) is 11.1 Å². The first-order chi connectivity index (χ1) is 10.3. The second-order valence-corrected chi connectivity index (χ2v) is 4.87. The van der Waals surface area contributed by atoms with Gasteiger partial charge < -0.3 is 20.4 Å². The maximum Gasteiger partial charge on any atom is 0.170 e. The first-order valence-corrected chi connectivity index (χ1v) is 6.71. The van der Waals surface area contributed by atoms with E-state index in [-0.39, 0.29) is 11.9 Å². The second-order valence-electron chi connectivity index (χ2n) is 4.87. The van der Waals surface area contributed by atoms with E-state index in [1.54, 1.807) is 24.3 Å². The summed E-state index contributed by atoms with van der Waals surface area (Å²) in [5.74, 6) is 1.74. The third kappa shape index (κ3) is 2.91. The van der Waals surface area contributed by atoms with Crippen molar-refractivity contribution < 1.29 is 14.7 Å². The van der Waals surface area contributed by atoms with Gasteiger partial charge in [-0.25, -0.2) is 0 Å². The van der Waals surface area contributed by atoms with Crippen molar-refractivity contribution in [2.24, 2.45) is 10.9 Å². The molecular weight excluding hydrogens is 268 g/mol. The first kappa shape index (κ1) is 13.3. The van der Waals surface area contributed by atoms with Gasteiger partial charge in [-0.15, -0.1) is 0 Å². The average Bonchev–Trinajstić information content (AvgIpc) is 2.95. The lowest BCUT2D eigenvalue weighted by Crippen LogP contribution is -2.22. The highest BCUT2D eigenvalue weighted by Gasteiger charge is 2.22. The van der Waals surface area contributed by atoms with E-state index in [1.165, 1.54) is 5.56 Å². The third-order valence-electron chi connectivity index (χ3n) is 3.41. The van der Waals surface area contributed by atoms with Crippen LogP contribution in [0.3, 0.4) is 0 Å². The molecular formula is C16H16N2O3. The zero-order valence-corrected chi connectivity index (χ0v) is 11.4. The van der Waals surface area contributed by atoms with E-state index < -0.39 is 0 Å². The molecule has 0 fully saturated rings. The molecule has 3 N–H and O–H groups in total. The largest absolute Gasteiger partial charge is 0.490 e. The van der Waals surface area contributed by atoms with Crippen LogP contribution in [0.25, 0.3) is 0 Å². The summed E-state index contributed by atoms with van der Waals surface area (Å²) in [7, 11) is 0. The molecule has 1 aliphatic rings. The Kier molecular flexibility index (Phi) is 3.64. The minimum atomic E-state index is 0.0335. The fourth-order valence-electron chi connectivity index (χ4n) is 2.32. The Labute approximate surface area is 122 Å². The molecule has 0 bridgehead atoms. The predicted octanol–water partition coefficient (Wildman–Crippen LogP) is 2.16. The number of amidine groups is 1. The number of oxime groups is 1. The molecule has 0 spiro atoms. The van der Waals surface area contributed by atoms with Gasteiger partial charge in [0.15, 0.2) is 5.84 Å². The van der Waals surface area contributed by atoms with Crippen molar-refractivity contribution in [1.29, 1.82) is 0 Å². The summed E-state index contributed by atoms with van der Waals surface area (Å²) in [6.45, 7) is 0.484. The Morgan fingerprint density at radius 2 is 2.00 bits per heavy atom. The molecule has 1 heterocycles. The van der Waals surface area contributed by atoms with E-state index in [0.29, 0.717) is 12.2 Å². The van der Waals surface area contributed by atoms with Crippen LogP contribution in [0.15, 0.2) is 53.7 Å². The molecule has 0 amide bonds. The van der Waals surface area contributed by atoms with Gasteiger partial charge >= 0.3 is 0 Å². The molecule has 2 aromatic carbocycles.